The summed E-state index contributed by atoms with van der Waals surface area (Å²) in [6, 6.07) is 17.0. The molecule has 0 atom stereocenters. The van der Waals surface area contributed by atoms with Crippen LogP contribution in [-0.2, 0) is 15.8 Å². The van der Waals surface area contributed by atoms with Crippen molar-refractivity contribution in [3.05, 3.63) is 99.0 Å². The van der Waals surface area contributed by atoms with Crippen LogP contribution in [0.3, 0.4) is 0 Å². The van der Waals surface area contributed by atoms with E-state index < -0.39 is 23.6 Å². The Kier molecular flexibility index (Phi) is 6.47. The molecule has 1 aliphatic heterocycles. The minimum atomic E-state index is -4.67. The molecule has 1 N–H and O–H groups in total. The second-order valence-corrected chi connectivity index (χ2v) is 9.22. The fraction of sp³-hybridized carbons (Fsp3) is 0.120. The Morgan fingerprint density at radius 2 is 1.53 bits per heavy atom. The topological polar surface area (TPSA) is 49.4 Å². The average Bonchev–Trinajstić information content (AvgIpc) is 2.97. The number of hydrogen-bond donors (Lipinski definition) is 1. The van der Waals surface area contributed by atoms with E-state index in [9.17, 15) is 22.8 Å². The summed E-state index contributed by atoms with van der Waals surface area (Å²) >= 11 is 7.21. The van der Waals surface area contributed by atoms with Crippen molar-refractivity contribution in [3.8, 4) is 0 Å². The molecular formula is C25H18ClF3N2O2S. The number of nitrogens with zero attached hydrogens (tertiary/aromatic N) is 1. The smallest absolute Gasteiger partial charge is 0.350 e. The highest BCUT2D eigenvalue weighted by molar-refractivity contribution is 8.04. The number of halogens is 4. The lowest BCUT2D eigenvalue weighted by atomic mass is 10.1. The van der Waals surface area contributed by atoms with Gasteiger partial charge in [-0.05, 0) is 67.4 Å². The van der Waals surface area contributed by atoms with Crippen LogP contribution in [0.1, 0.15) is 16.7 Å². The van der Waals surface area contributed by atoms with Crippen molar-refractivity contribution in [2.24, 2.45) is 0 Å². The number of hydrogen-bond acceptors (Lipinski definition) is 4. The van der Waals surface area contributed by atoms with Crippen LogP contribution in [0.25, 0.3) is 0 Å². The Morgan fingerprint density at radius 3 is 2.15 bits per heavy atom. The quantitative estimate of drug-likeness (QED) is 0.383. The largest absolute Gasteiger partial charge is 0.416 e. The summed E-state index contributed by atoms with van der Waals surface area (Å²) < 4.78 is 40.0. The second-order valence-electron chi connectivity index (χ2n) is 7.73. The van der Waals surface area contributed by atoms with E-state index in [1.54, 1.807) is 24.3 Å². The molecule has 0 saturated heterocycles. The first kappa shape index (κ1) is 23.9. The summed E-state index contributed by atoms with van der Waals surface area (Å²) in [7, 11) is 0. The maximum atomic E-state index is 13.4. The van der Waals surface area contributed by atoms with Gasteiger partial charge in [0.1, 0.15) is 10.6 Å². The summed E-state index contributed by atoms with van der Waals surface area (Å²) in [4.78, 5) is 28.3. The fourth-order valence-electron chi connectivity index (χ4n) is 3.59. The highest BCUT2D eigenvalue weighted by Crippen LogP contribution is 2.42. The molecule has 4 nitrogen and oxygen atoms in total. The van der Waals surface area contributed by atoms with Gasteiger partial charge in [-0.2, -0.15) is 13.2 Å². The molecule has 1 heterocycles. The number of benzene rings is 3. The molecule has 0 bridgehead atoms. The molecule has 3 aromatic rings. The Bertz CT molecular complexity index is 1300. The van der Waals surface area contributed by atoms with Crippen LogP contribution < -0.4 is 10.2 Å². The Balaban J connectivity index is 1.80. The first-order chi connectivity index (χ1) is 16.0. The van der Waals surface area contributed by atoms with Crippen LogP contribution in [0, 0.1) is 13.8 Å². The predicted molar refractivity (Wildman–Crippen MR) is 128 cm³/mol. The van der Waals surface area contributed by atoms with Crippen LogP contribution >= 0.6 is 23.4 Å². The molecule has 34 heavy (non-hydrogen) atoms. The number of carbonyl (C=O) groups is 2. The number of carbonyl (C=O) groups excluding carboxylic acids is 2. The number of rotatable bonds is 5. The predicted octanol–water partition coefficient (Wildman–Crippen LogP) is 6.96. The van der Waals surface area contributed by atoms with Crippen LogP contribution in [-0.4, -0.2) is 11.8 Å². The first-order valence-corrected chi connectivity index (χ1v) is 11.3. The van der Waals surface area contributed by atoms with E-state index in [1.165, 1.54) is 0 Å². The minimum absolute atomic E-state index is 0.0302. The lowest BCUT2D eigenvalue weighted by Gasteiger charge is -2.18. The molecule has 0 aliphatic carbocycles. The number of amides is 2. The molecule has 0 aromatic heterocycles. The van der Waals surface area contributed by atoms with Gasteiger partial charge in [0.05, 0.1) is 16.3 Å². The van der Waals surface area contributed by atoms with Gasteiger partial charge in [-0.1, -0.05) is 47.6 Å². The molecule has 0 radical (unpaired) electrons. The zero-order valence-corrected chi connectivity index (χ0v) is 19.6. The van der Waals surface area contributed by atoms with E-state index in [2.05, 4.69) is 5.32 Å². The highest BCUT2D eigenvalue weighted by atomic mass is 35.5. The van der Waals surface area contributed by atoms with Crippen LogP contribution in [0.5, 0.6) is 0 Å². The molecule has 9 heteroatoms. The Labute approximate surface area is 203 Å². The second kappa shape index (κ2) is 9.19. The highest BCUT2D eigenvalue weighted by Gasteiger charge is 2.42. The molecule has 0 spiro atoms. The molecule has 0 saturated carbocycles. The van der Waals surface area contributed by atoms with Gasteiger partial charge < -0.3 is 5.32 Å². The van der Waals surface area contributed by atoms with E-state index in [4.69, 9.17) is 11.6 Å². The van der Waals surface area contributed by atoms with E-state index in [-0.39, 0.29) is 21.3 Å². The van der Waals surface area contributed by atoms with Crippen molar-refractivity contribution in [3.63, 3.8) is 0 Å². The zero-order chi connectivity index (χ0) is 24.6. The van der Waals surface area contributed by atoms with Crippen molar-refractivity contribution in [1.82, 2.24) is 0 Å². The van der Waals surface area contributed by atoms with Crippen LogP contribution in [0.15, 0.2) is 82.2 Å². The molecule has 0 fully saturated rings. The number of aryl methyl sites for hydroxylation is 2. The van der Waals surface area contributed by atoms with Crippen molar-refractivity contribution in [2.45, 2.75) is 24.9 Å². The summed E-state index contributed by atoms with van der Waals surface area (Å²) in [5.74, 6) is -1.55. The molecule has 3 aromatic carbocycles. The lowest BCUT2D eigenvalue weighted by molar-refractivity contribution is -0.137. The van der Waals surface area contributed by atoms with E-state index >= 15 is 0 Å². The maximum absolute atomic E-state index is 13.4. The summed E-state index contributed by atoms with van der Waals surface area (Å²) in [6.07, 6.45) is -4.67. The number of nitrogens with one attached hydrogen (secondary N) is 1. The standard InChI is InChI=1S/C25H18ClF3N2O2S/c1-14-10-15(2)12-17(11-14)30-21-22(34-18-6-4-3-5-7-18)24(33)31(23(21)32)20-13-16(25(27,28)29)8-9-19(20)26/h3-13,30H,1-2H3. The summed E-state index contributed by atoms with van der Waals surface area (Å²) in [5, 5.41) is 2.87. The van der Waals surface area contributed by atoms with Gasteiger partial charge in [-0.15, -0.1) is 0 Å². The summed E-state index contributed by atoms with van der Waals surface area (Å²) in [5.41, 5.74) is 1.09. The molecule has 174 valence electrons. The van der Waals surface area contributed by atoms with E-state index in [0.29, 0.717) is 21.5 Å². The minimum Gasteiger partial charge on any atom is -0.350 e. The molecule has 2 amide bonds. The lowest BCUT2D eigenvalue weighted by Crippen LogP contribution is -2.33. The van der Waals surface area contributed by atoms with Gasteiger partial charge in [0.15, 0.2) is 0 Å². The number of anilines is 2. The van der Waals surface area contributed by atoms with Gasteiger partial charge >= 0.3 is 6.18 Å². The van der Waals surface area contributed by atoms with Crippen molar-refractivity contribution in [1.29, 1.82) is 0 Å². The van der Waals surface area contributed by atoms with Gasteiger partial charge in [0.2, 0.25) is 0 Å². The van der Waals surface area contributed by atoms with E-state index in [1.807, 2.05) is 38.1 Å². The third-order valence-corrected chi connectivity index (χ3v) is 6.42. The SMILES string of the molecule is Cc1cc(C)cc(NC2=C(Sc3ccccc3)C(=O)N(c3cc(C(F)(F)F)ccc3Cl)C2=O)c1. The first-order valence-electron chi connectivity index (χ1n) is 10.1. The molecule has 1 aliphatic rings. The van der Waals surface area contributed by atoms with Crippen molar-refractivity contribution >= 4 is 46.6 Å². The average molecular weight is 503 g/mol. The zero-order valence-electron chi connectivity index (χ0n) is 18.0. The van der Waals surface area contributed by atoms with Crippen molar-refractivity contribution < 1.29 is 22.8 Å². The molecule has 0 unspecified atom stereocenters. The Morgan fingerprint density at radius 1 is 0.882 bits per heavy atom. The van der Waals surface area contributed by atoms with Crippen LogP contribution in [0.2, 0.25) is 5.02 Å². The number of alkyl halides is 3. The van der Waals surface area contributed by atoms with Gasteiger partial charge in [0, 0.05) is 10.6 Å². The van der Waals surface area contributed by atoms with Gasteiger partial charge in [-0.25, -0.2) is 4.90 Å². The molecular weight excluding hydrogens is 485 g/mol. The third-order valence-electron chi connectivity index (χ3n) is 5.01. The number of thioether (sulfide) groups is 1. The van der Waals surface area contributed by atoms with E-state index in [0.717, 1.165) is 35.0 Å². The fourth-order valence-corrected chi connectivity index (χ4v) is 4.74. The Hall–Kier alpha value is -3.23. The van der Waals surface area contributed by atoms with Crippen molar-refractivity contribution in [2.75, 3.05) is 10.2 Å². The molecule has 4 rings (SSSR count). The third kappa shape index (κ3) is 4.83. The van der Waals surface area contributed by atoms with Crippen LogP contribution in [0.4, 0.5) is 24.5 Å². The van der Waals surface area contributed by atoms with Gasteiger partial charge in [0.25, 0.3) is 11.8 Å². The summed E-state index contributed by atoms with van der Waals surface area (Å²) in [6.45, 7) is 3.78. The monoisotopic (exact) mass is 502 g/mol. The maximum Gasteiger partial charge on any atom is 0.416 e. The normalized spacial score (nSPS) is 14.2. The van der Waals surface area contributed by atoms with Gasteiger partial charge in [-0.3, -0.25) is 9.59 Å². The number of imide groups is 1.